The normalized spacial score (nSPS) is 12.9. The molecule has 2 aromatic rings. The van der Waals surface area contributed by atoms with Crippen molar-refractivity contribution in [1.82, 2.24) is 4.98 Å². The number of phenolic OH excluding ortho intramolecular Hbond substituents is 1. The molecule has 0 fully saturated rings. The van der Waals surface area contributed by atoms with Crippen LogP contribution < -0.4 is 5.19 Å². The fourth-order valence-electron chi connectivity index (χ4n) is 2.11. The zero-order valence-electron chi connectivity index (χ0n) is 11.8. The third kappa shape index (κ3) is 1.92. The third-order valence-corrected chi connectivity index (χ3v) is 9.83. The van der Waals surface area contributed by atoms with Crippen LogP contribution in [0.5, 0.6) is 5.75 Å². The molecule has 2 nitrogen and oxygen atoms in total. The SMILES string of the molecule is CC(C)(C)[Si](C)(C)c1ccc(O)c2ncccc12. The van der Waals surface area contributed by atoms with Crippen LogP contribution in [0.4, 0.5) is 0 Å². The van der Waals surface area contributed by atoms with Crippen LogP contribution in [0.3, 0.4) is 0 Å². The fourth-order valence-corrected chi connectivity index (χ4v) is 4.29. The van der Waals surface area contributed by atoms with E-state index in [2.05, 4.69) is 51.0 Å². The van der Waals surface area contributed by atoms with Gasteiger partial charge < -0.3 is 5.11 Å². The van der Waals surface area contributed by atoms with Crippen LogP contribution in [0.1, 0.15) is 20.8 Å². The first-order chi connectivity index (χ1) is 8.25. The first-order valence-corrected chi connectivity index (χ1v) is 9.32. The summed E-state index contributed by atoms with van der Waals surface area (Å²) in [7, 11) is -1.62. The van der Waals surface area contributed by atoms with Gasteiger partial charge in [0.1, 0.15) is 11.3 Å². The largest absolute Gasteiger partial charge is 0.506 e. The summed E-state index contributed by atoms with van der Waals surface area (Å²) in [6.45, 7) is 11.7. The highest BCUT2D eigenvalue weighted by Gasteiger charge is 2.38. The Hall–Kier alpha value is -1.35. The molecule has 0 amide bonds. The Morgan fingerprint density at radius 1 is 1.11 bits per heavy atom. The van der Waals surface area contributed by atoms with E-state index in [-0.39, 0.29) is 10.8 Å². The highest BCUT2D eigenvalue weighted by atomic mass is 28.3. The Bertz CT molecular complexity index is 585. The zero-order valence-corrected chi connectivity index (χ0v) is 12.8. The van der Waals surface area contributed by atoms with Crippen molar-refractivity contribution in [1.29, 1.82) is 0 Å². The van der Waals surface area contributed by atoms with E-state index in [1.807, 2.05) is 6.07 Å². The third-order valence-electron chi connectivity index (χ3n) is 4.30. The van der Waals surface area contributed by atoms with E-state index in [4.69, 9.17) is 0 Å². The van der Waals surface area contributed by atoms with Crippen LogP contribution in [-0.2, 0) is 0 Å². The van der Waals surface area contributed by atoms with E-state index < -0.39 is 8.07 Å². The predicted octanol–water partition coefficient (Wildman–Crippen LogP) is 3.66. The minimum atomic E-state index is -1.62. The molecule has 96 valence electrons. The Morgan fingerprint density at radius 3 is 2.39 bits per heavy atom. The number of fused-ring (bicyclic) bond motifs is 1. The Labute approximate surface area is 110 Å². The van der Waals surface area contributed by atoms with Crippen LogP contribution in [0.2, 0.25) is 18.1 Å². The van der Waals surface area contributed by atoms with Crippen LogP contribution in [0.25, 0.3) is 10.9 Å². The van der Waals surface area contributed by atoms with E-state index in [1.165, 1.54) is 5.19 Å². The van der Waals surface area contributed by atoms with Gasteiger partial charge in [-0.05, 0) is 22.4 Å². The number of phenols is 1. The minimum Gasteiger partial charge on any atom is -0.506 e. The summed E-state index contributed by atoms with van der Waals surface area (Å²) in [5, 5.41) is 12.7. The van der Waals surface area contributed by atoms with Crippen LogP contribution in [0, 0.1) is 0 Å². The Balaban J connectivity index is 2.78. The van der Waals surface area contributed by atoms with E-state index in [0.717, 1.165) is 10.9 Å². The number of rotatable bonds is 1. The number of aromatic nitrogens is 1. The summed E-state index contributed by atoms with van der Waals surface area (Å²) in [5.74, 6) is 0.271. The smallest absolute Gasteiger partial charge is 0.141 e. The summed E-state index contributed by atoms with van der Waals surface area (Å²) in [6.07, 6.45) is 1.73. The van der Waals surface area contributed by atoms with Gasteiger partial charge in [0.05, 0.1) is 8.07 Å². The summed E-state index contributed by atoms with van der Waals surface area (Å²) < 4.78 is 0. The lowest BCUT2D eigenvalue weighted by atomic mass is 10.2. The number of benzene rings is 1. The van der Waals surface area contributed by atoms with Gasteiger partial charge in [0.25, 0.3) is 0 Å². The fraction of sp³-hybridized carbons (Fsp3) is 0.400. The van der Waals surface area contributed by atoms with Crippen LogP contribution >= 0.6 is 0 Å². The van der Waals surface area contributed by atoms with Gasteiger partial charge in [0.15, 0.2) is 0 Å². The lowest BCUT2D eigenvalue weighted by Gasteiger charge is -2.38. The Kier molecular flexibility index (Phi) is 2.97. The van der Waals surface area contributed by atoms with Crippen molar-refractivity contribution in [2.24, 2.45) is 0 Å². The molecule has 0 saturated heterocycles. The van der Waals surface area contributed by atoms with Gasteiger partial charge in [-0.3, -0.25) is 4.98 Å². The maximum absolute atomic E-state index is 9.92. The number of nitrogens with zero attached hydrogens (tertiary/aromatic N) is 1. The van der Waals surface area contributed by atoms with Crippen molar-refractivity contribution in [3.63, 3.8) is 0 Å². The number of pyridine rings is 1. The molecule has 0 aliphatic carbocycles. The lowest BCUT2D eigenvalue weighted by molar-refractivity contribution is 0.480. The molecule has 0 spiro atoms. The molecule has 18 heavy (non-hydrogen) atoms. The number of hydrogen-bond donors (Lipinski definition) is 1. The van der Waals surface area contributed by atoms with Gasteiger partial charge >= 0.3 is 0 Å². The second-order valence-electron chi connectivity index (χ2n) is 6.41. The molecular formula is C15H21NOSi. The van der Waals surface area contributed by atoms with Gasteiger partial charge in [-0.15, -0.1) is 0 Å². The highest BCUT2D eigenvalue weighted by molar-refractivity contribution is 6.93. The van der Waals surface area contributed by atoms with E-state index in [1.54, 1.807) is 12.3 Å². The van der Waals surface area contributed by atoms with Crippen LogP contribution in [0.15, 0.2) is 30.5 Å². The van der Waals surface area contributed by atoms with Gasteiger partial charge in [-0.2, -0.15) is 0 Å². The summed E-state index contributed by atoms with van der Waals surface area (Å²) in [4.78, 5) is 4.31. The molecule has 1 aromatic carbocycles. The monoisotopic (exact) mass is 259 g/mol. The molecule has 1 aromatic heterocycles. The molecule has 0 aliphatic rings. The molecule has 0 saturated carbocycles. The van der Waals surface area contributed by atoms with E-state index in [9.17, 15) is 5.11 Å². The molecule has 0 aliphatic heterocycles. The molecule has 3 heteroatoms. The molecule has 0 unspecified atom stereocenters. The van der Waals surface area contributed by atoms with Crippen molar-refractivity contribution in [2.75, 3.05) is 0 Å². The van der Waals surface area contributed by atoms with Gasteiger partial charge in [0.2, 0.25) is 0 Å². The predicted molar refractivity (Wildman–Crippen MR) is 80.2 cm³/mol. The van der Waals surface area contributed by atoms with Crippen molar-refractivity contribution >= 4 is 24.2 Å². The van der Waals surface area contributed by atoms with Crippen molar-refractivity contribution < 1.29 is 5.11 Å². The molecular weight excluding hydrogens is 238 g/mol. The van der Waals surface area contributed by atoms with Gasteiger partial charge in [0, 0.05) is 11.6 Å². The van der Waals surface area contributed by atoms with Crippen molar-refractivity contribution in [2.45, 2.75) is 38.9 Å². The second-order valence-corrected chi connectivity index (χ2v) is 11.7. The summed E-state index contributed by atoms with van der Waals surface area (Å²) >= 11 is 0. The molecule has 0 atom stereocenters. The molecule has 1 heterocycles. The van der Waals surface area contributed by atoms with Crippen molar-refractivity contribution in [3.05, 3.63) is 30.5 Å². The molecule has 0 bridgehead atoms. The topological polar surface area (TPSA) is 33.1 Å². The van der Waals surface area contributed by atoms with Crippen LogP contribution in [-0.4, -0.2) is 18.2 Å². The van der Waals surface area contributed by atoms with Gasteiger partial charge in [-0.1, -0.05) is 46.0 Å². The average Bonchev–Trinajstić information content (AvgIpc) is 2.28. The molecule has 2 rings (SSSR count). The first-order valence-electron chi connectivity index (χ1n) is 6.32. The molecule has 0 radical (unpaired) electrons. The Morgan fingerprint density at radius 2 is 1.78 bits per heavy atom. The van der Waals surface area contributed by atoms with E-state index >= 15 is 0 Å². The minimum absolute atomic E-state index is 0.271. The highest BCUT2D eigenvalue weighted by Crippen LogP contribution is 2.37. The maximum Gasteiger partial charge on any atom is 0.141 e. The number of hydrogen-bond acceptors (Lipinski definition) is 2. The van der Waals surface area contributed by atoms with Crippen molar-refractivity contribution in [3.8, 4) is 5.75 Å². The van der Waals surface area contributed by atoms with Gasteiger partial charge in [-0.25, -0.2) is 0 Å². The zero-order chi connectivity index (χ0) is 13.6. The first kappa shape index (κ1) is 13.1. The summed E-state index contributed by atoms with van der Waals surface area (Å²) in [5.41, 5.74) is 0.722. The lowest BCUT2D eigenvalue weighted by Crippen LogP contribution is -2.49. The quantitative estimate of drug-likeness (QED) is 0.793. The average molecular weight is 259 g/mol. The molecule has 1 N–H and O–H groups in total. The standard InChI is InChI=1S/C15H21NOSi/c1-15(2,3)18(4,5)13-9-8-12(17)14-11(13)7-6-10-16-14/h6-10,17H,1-5H3. The van der Waals surface area contributed by atoms with E-state index in [0.29, 0.717) is 0 Å². The maximum atomic E-state index is 9.92. The second kappa shape index (κ2) is 4.09. The number of aromatic hydroxyl groups is 1. The summed E-state index contributed by atoms with van der Waals surface area (Å²) in [6, 6.07) is 7.87.